The zero-order chi connectivity index (χ0) is 14.9. The number of halogens is 2. The summed E-state index contributed by atoms with van der Waals surface area (Å²) in [4.78, 5) is 24.6. The van der Waals surface area contributed by atoms with Gasteiger partial charge < -0.3 is 10.0 Å². The van der Waals surface area contributed by atoms with E-state index in [-0.39, 0.29) is 18.2 Å². The minimum Gasteiger partial charge on any atom is -0.480 e. The Balaban J connectivity index is 2.11. The third-order valence-electron chi connectivity index (χ3n) is 3.61. The van der Waals surface area contributed by atoms with Crippen LogP contribution in [0.1, 0.15) is 18.9 Å². The molecule has 0 radical (unpaired) electrons. The van der Waals surface area contributed by atoms with Gasteiger partial charge >= 0.3 is 5.97 Å². The first-order valence-electron chi connectivity index (χ1n) is 6.36. The van der Waals surface area contributed by atoms with Crippen molar-refractivity contribution in [1.29, 1.82) is 0 Å². The quantitative estimate of drug-likeness (QED) is 0.920. The van der Waals surface area contributed by atoms with Gasteiger partial charge in [0.25, 0.3) is 0 Å². The first-order chi connectivity index (χ1) is 9.40. The van der Waals surface area contributed by atoms with Crippen LogP contribution in [-0.2, 0) is 16.0 Å². The van der Waals surface area contributed by atoms with Crippen molar-refractivity contribution in [2.24, 2.45) is 5.92 Å². The Hall–Kier alpha value is -1.98. The van der Waals surface area contributed by atoms with Crippen LogP contribution in [0.5, 0.6) is 0 Å². The number of carbonyl (C=O) groups excluding carboxylic acids is 1. The molecule has 1 aliphatic heterocycles. The van der Waals surface area contributed by atoms with Crippen molar-refractivity contribution in [2.45, 2.75) is 25.8 Å². The number of likely N-dealkylation sites (tertiary alicyclic amines) is 1. The second kappa shape index (κ2) is 5.56. The molecular formula is C14H15F2NO3. The number of hydrogen-bond donors (Lipinski definition) is 1. The van der Waals surface area contributed by atoms with Crippen LogP contribution in [-0.4, -0.2) is 34.5 Å². The lowest BCUT2D eigenvalue weighted by molar-refractivity contribution is -0.149. The molecule has 1 aromatic rings. The van der Waals surface area contributed by atoms with E-state index >= 15 is 0 Å². The van der Waals surface area contributed by atoms with E-state index in [4.69, 9.17) is 5.11 Å². The molecule has 108 valence electrons. The number of carboxylic acids is 1. The molecule has 1 fully saturated rings. The highest BCUT2D eigenvalue weighted by atomic mass is 19.2. The number of carboxylic acid groups (broad SMARTS) is 1. The lowest BCUT2D eigenvalue weighted by Crippen LogP contribution is -2.43. The summed E-state index contributed by atoms with van der Waals surface area (Å²) in [5.74, 6) is -3.51. The number of amides is 1. The van der Waals surface area contributed by atoms with Gasteiger partial charge in [-0.15, -0.1) is 0 Å². The van der Waals surface area contributed by atoms with Crippen LogP contribution < -0.4 is 0 Å². The molecule has 0 spiro atoms. The van der Waals surface area contributed by atoms with Gasteiger partial charge in [0.15, 0.2) is 11.6 Å². The molecule has 2 unspecified atom stereocenters. The summed E-state index contributed by atoms with van der Waals surface area (Å²) >= 11 is 0. The number of rotatable bonds is 3. The van der Waals surface area contributed by atoms with Crippen molar-refractivity contribution < 1.29 is 23.5 Å². The summed E-state index contributed by atoms with van der Waals surface area (Å²) in [7, 11) is 0. The van der Waals surface area contributed by atoms with Crippen molar-refractivity contribution in [1.82, 2.24) is 4.90 Å². The Morgan fingerprint density at radius 1 is 1.35 bits per heavy atom. The molecule has 2 atom stereocenters. The summed E-state index contributed by atoms with van der Waals surface area (Å²) in [6.45, 7) is 2.16. The number of benzene rings is 1. The van der Waals surface area contributed by atoms with E-state index in [1.807, 2.05) is 0 Å². The molecule has 20 heavy (non-hydrogen) atoms. The van der Waals surface area contributed by atoms with Gasteiger partial charge in [-0.25, -0.2) is 13.6 Å². The predicted molar refractivity (Wildman–Crippen MR) is 67.0 cm³/mol. The van der Waals surface area contributed by atoms with E-state index in [0.29, 0.717) is 18.5 Å². The zero-order valence-corrected chi connectivity index (χ0v) is 11.0. The monoisotopic (exact) mass is 283 g/mol. The third kappa shape index (κ3) is 2.79. The average Bonchev–Trinajstić information content (AvgIpc) is 2.76. The maximum atomic E-state index is 13.1. The predicted octanol–water partition coefficient (Wildman–Crippen LogP) is 1.83. The fourth-order valence-corrected chi connectivity index (χ4v) is 2.53. The van der Waals surface area contributed by atoms with Crippen LogP contribution in [0.4, 0.5) is 8.78 Å². The minimum absolute atomic E-state index is 0.110. The number of nitrogens with zero attached hydrogens (tertiary/aromatic N) is 1. The Kier molecular flexibility index (Phi) is 4.01. The van der Waals surface area contributed by atoms with Crippen molar-refractivity contribution >= 4 is 11.9 Å². The molecule has 0 aromatic heterocycles. The largest absolute Gasteiger partial charge is 0.480 e. The lowest BCUT2D eigenvalue weighted by atomic mass is 10.0. The summed E-state index contributed by atoms with van der Waals surface area (Å²) < 4.78 is 25.9. The first kappa shape index (κ1) is 14.4. The van der Waals surface area contributed by atoms with Gasteiger partial charge in [0.1, 0.15) is 6.04 Å². The van der Waals surface area contributed by atoms with Crippen molar-refractivity contribution in [2.75, 3.05) is 6.54 Å². The average molecular weight is 283 g/mol. The van der Waals surface area contributed by atoms with Gasteiger partial charge in [-0.1, -0.05) is 13.0 Å². The van der Waals surface area contributed by atoms with Crippen LogP contribution in [0.25, 0.3) is 0 Å². The highest BCUT2D eigenvalue weighted by Crippen LogP contribution is 2.25. The van der Waals surface area contributed by atoms with Gasteiger partial charge in [0, 0.05) is 6.54 Å². The highest BCUT2D eigenvalue weighted by molar-refractivity contribution is 5.85. The van der Waals surface area contributed by atoms with Crippen LogP contribution >= 0.6 is 0 Å². The van der Waals surface area contributed by atoms with E-state index in [0.717, 1.165) is 12.1 Å². The van der Waals surface area contributed by atoms with E-state index in [9.17, 15) is 18.4 Å². The molecule has 1 aliphatic rings. The fraction of sp³-hybridized carbons (Fsp3) is 0.429. The summed E-state index contributed by atoms with van der Waals surface area (Å²) in [5.41, 5.74) is 0.331. The Morgan fingerprint density at radius 2 is 2.05 bits per heavy atom. The maximum Gasteiger partial charge on any atom is 0.326 e. The first-order valence-corrected chi connectivity index (χ1v) is 6.36. The summed E-state index contributed by atoms with van der Waals surface area (Å²) in [5, 5.41) is 9.15. The Bertz CT molecular complexity index is 547. The molecule has 1 heterocycles. The third-order valence-corrected chi connectivity index (χ3v) is 3.61. The smallest absolute Gasteiger partial charge is 0.326 e. The van der Waals surface area contributed by atoms with E-state index < -0.39 is 23.6 Å². The lowest BCUT2D eigenvalue weighted by Gasteiger charge is -2.23. The molecule has 0 aliphatic carbocycles. The van der Waals surface area contributed by atoms with Gasteiger partial charge in [0.05, 0.1) is 6.42 Å². The van der Waals surface area contributed by atoms with Gasteiger partial charge in [-0.2, -0.15) is 0 Å². The maximum absolute atomic E-state index is 13.1. The normalized spacial score (nSPS) is 22.1. The molecule has 1 amide bonds. The second-order valence-electron chi connectivity index (χ2n) is 5.06. The number of hydrogen-bond acceptors (Lipinski definition) is 2. The van der Waals surface area contributed by atoms with Crippen LogP contribution in [0.3, 0.4) is 0 Å². The number of carbonyl (C=O) groups is 2. The van der Waals surface area contributed by atoms with Crippen LogP contribution in [0.2, 0.25) is 0 Å². The Morgan fingerprint density at radius 3 is 2.65 bits per heavy atom. The topological polar surface area (TPSA) is 57.6 Å². The molecule has 1 aromatic carbocycles. The fourth-order valence-electron chi connectivity index (χ4n) is 2.53. The molecule has 0 bridgehead atoms. The van der Waals surface area contributed by atoms with Crippen molar-refractivity contribution in [3.63, 3.8) is 0 Å². The van der Waals surface area contributed by atoms with Gasteiger partial charge in [-0.05, 0) is 30.0 Å². The molecule has 1 saturated heterocycles. The number of aliphatic carboxylic acids is 1. The molecule has 0 saturated carbocycles. The van der Waals surface area contributed by atoms with Gasteiger partial charge in [-0.3, -0.25) is 4.79 Å². The zero-order valence-electron chi connectivity index (χ0n) is 11.0. The molecule has 2 rings (SSSR count). The Labute approximate surface area is 115 Å². The summed E-state index contributed by atoms with van der Waals surface area (Å²) in [6.07, 6.45) is 0.494. The molecule has 1 N–H and O–H groups in total. The minimum atomic E-state index is -1.03. The van der Waals surface area contributed by atoms with Gasteiger partial charge in [0.2, 0.25) is 5.91 Å². The van der Waals surface area contributed by atoms with Crippen LogP contribution in [0, 0.1) is 17.6 Å². The van der Waals surface area contributed by atoms with E-state index in [2.05, 4.69) is 0 Å². The molecule has 6 heteroatoms. The standard InChI is InChI=1S/C14H15F2NO3/c1-8-4-5-17(13(8)14(19)20)12(18)7-9-2-3-10(15)11(16)6-9/h2-3,6,8,13H,4-5,7H2,1H3,(H,19,20). The van der Waals surface area contributed by atoms with E-state index in [1.54, 1.807) is 6.92 Å². The SMILES string of the molecule is CC1CCN(C(=O)Cc2ccc(F)c(F)c2)C1C(=O)O. The highest BCUT2D eigenvalue weighted by Gasteiger charge is 2.39. The molecule has 4 nitrogen and oxygen atoms in total. The van der Waals surface area contributed by atoms with Crippen molar-refractivity contribution in [3.8, 4) is 0 Å². The van der Waals surface area contributed by atoms with Crippen LogP contribution in [0.15, 0.2) is 18.2 Å². The molecular weight excluding hydrogens is 268 g/mol. The van der Waals surface area contributed by atoms with E-state index in [1.165, 1.54) is 11.0 Å². The second-order valence-corrected chi connectivity index (χ2v) is 5.06. The van der Waals surface area contributed by atoms with Crippen molar-refractivity contribution in [3.05, 3.63) is 35.4 Å². The summed E-state index contributed by atoms with van der Waals surface area (Å²) in [6, 6.07) is 2.40.